The van der Waals surface area contributed by atoms with Crippen molar-refractivity contribution in [1.82, 2.24) is 0 Å². The fraction of sp³-hybridized carbons (Fsp3) is 0. The van der Waals surface area contributed by atoms with Gasteiger partial charge in [-0.25, -0.2) is 0 Å². The molecule has 0 radical (unpaired) electrons. The van der Waals surface area contributed by atoms with Gasteiger partial charge in [-0.1, -0.05) is 84.9 Å². The van der Waals surface area contributed by atoms with E-state index in [1.54, 1.807) is 0 Å². The summed E-state index contributed by atoms with van der Waals surface area (Å²) in [4.78, 5) is 13.1. The Morgan fingerprint density at radius 2 is 0.909 bits per heavy atom. The fourth-order valence-corrected chi connectivity index (χ4v) is 4.37. The average Bonchev–Trinajstić information content (AvgIpc) is 2.89. The molecular weight excluding hydrogens is 404 g/mol. The molecule has 156 valence electrons. The van der Waals surface area contributed by atoms with Crippen LogP contribution in [0, 0.1) is 0 Å². The first kappa shape index (κ1) is 19.3. The summed E-state index contributed by atoms with van der Waals surface area (Å²) >= 11 is 0. The number of benzene rings is 5. The van der Waals surface area contributed by atoms with Gasteiger partial charge in [0.05, 0.1) is 10.8 Å². The van der Waals surface area contributed by atoms with Gasteiger partial charge in [0.15, 0.2) is 0 Å². The average molecular weight is 424 g/mol. The molecule has 0 saturated carbocycles. The molecule has 0 aliphatic heterocycles. The van der Waals surface area contributed by atoms with Crippen molar-refractivity contribution in [3.8, 4) is 33.4 Å². The van der Waals surface area contributed by atoms with Gasteiger partial charge >= 0.3 is 0 Å². The summed E-state index contributed by atoms with van der Waals surface area (Å²) in [5.41, 5.74) is 7.95. The lowest BCUT2D eigenvalue weighted by atomic mass is 9.96. The van der Waals surface area contributed by atoms with Crippen LogP contribution in [0.5, 0.6) is 0 Å². The van der Waals surface area contributed by atoms with Gasteiger partial charge in [-0.3, -0.25) is 4.79 Å². The van der Waals surface area contributed by atoms with Crippen molar-refractivity contribution in [3.63, 3.8) is 0 Å². The Hall–Kier alpha value is -4.43. The van der Waals surface area contributed by atoms with Crippen molar-refractivity contribution in [2.75, 3.05) is 0 Å². The first-order valence-corrected chi connectivity index (χ1v) is 11.0. The minimum Gasteiger partial charge on any atom is -0.456 e. The van der Waals surface area contributed by atoms with Gasteiger partial charge in [0.25, 0.3) is 0 Å². The van der Waals surface area contributed by atoms with Crippen LogP contribution in [0.3, 0.4) is 0 Å². The fourth-order valence-electron chi connectivity index (χ4n) is 4.37. The smallest absolute Gasteiger partial charge is 0.200 e. The summed E-state index contributed by atoms with van der Waals surface area (Å²) in [5.74, 6) is 0. The Bertz CT molecular complexity index is 1680. The third-order valence-corrected chi connectivity index (χ3v) is 6.07. The summed E-state index contributed by atoms with van der Waals surface area (Å²) in [7, 11) is 0. The van der Waals surface area contributed by atoms with Gasteiger partial charge < -0.3 is 4.42 Å². The van der Waals surface area contributed by atoms with Crippen LogP contribution in [0.4, 0.5) is 0 Å². The molecule has 1 aromatic heterocycles. The van der Waals surface area contributed by atoms with Crippen LogP contribution < -0.4 is 5.43 Å². The SMILES string of the molecule is O=c1c2ccccc2oc2ccc(-c3cccc(-c4cccc(-c5ccccc5)c4)c3)cc12. The normalized spacial score (nSPS) is 11.2. The maximum Gasteiger partial charge on any atom is 0.200 e. The lowest BCUT2D eigenvalue weighted by Gasteiger charge is -2.09. The number of rotatable bonds is 3. The van der Waals surface area contributed by atoms with Crippen LogP contribution in [-0.4, -0.2) is 0 Å². The molecule has 0 unspecified atom stereocenters. The van der Waals surface area contributed by atoms with E-state index in [1.165, 1.54) is 11.1 Å². The van der Waals surface area contributed by atoms with Gasteiger partial charge in [-0.05, 0) is 69.8 Å². The molecule has 0 N–H and O–H groups in total. The van der Waals surface area contributed by atoms with Crippen molar-refractivity contribution in [1.29, 1.82) is 0 Å². The second-order valence-corrected chi connectivity index (χ2v) is 8.17. The van der Waals surface area contributed by atoms with E-state index in [4.69, 9.17) is 4.42 Å². The van der Waals surface area contributed by atoms with Crippen LogP contribution >= 0.6 is 0 Å². The van der Waals surface area contributed by atoms with E-state index in [1.807, 2.05) is 48.5 Å². The monoisotopic (exact) mass is 424 g/mol. The molecule has 0 saturated heterocycles. The number of para-hydroxylation sites is 1. The lowest BCUT2D eigenvalue weighted by molar-refractivity contribution is 0.660. The Balaban J connectivity index is 1.44. The summed E-state index contributed by atoms with van der Waals surface area (Å²) in [6.45, 7) is 0. The first-order valence-electron chi connectivity index (χ1n) is 11.0. The molecule has 6 rings (SSSR count). The Morgan fingerprint density at radius 3 is 1.61 bits per heavy atom. The van der Waals surface area contributed by atoms with Gasteiger partial charge in [0.2, 0.25) is 5.43 Å². The second kappa shape index (κ2) is 7.92. The number of fused-ring (bicyclic) bond motifs is 2. The molecule has 5 aromatic carbocycles. The molecule has 1 heterocycles. The minimum absolute atomic E-state index is 0.000386. The quantitative estimate of drug-likeness (QED) is 0.270. The van der Waals surface area contributed by atoms with Crippen LogP contribution in [0.2, 0.25) is 0 Å². The third kappa shape index (κ3) is 3.52. The zero-order valence-corrected chi connectivity index (χ0v) is 17.9. The molecule has 2 nitrogen and oxygen atoms in total. The Labute approximate surface area is 191 Å². The van der Waals surface area contributed by atoms with Gasteiger partial charge in [0.1, 0.15) is 11.2 Å². The zero-order valence-electron chi connectivity index (χ0n) is 17.9. The number of hydrogen-bond donors (Lipinski definition) is 0. The van der Waals surface area contributed by atoms with Crippen molar-refractivity contribution in [2.45, 2.75) is 0 Å². The highest BCUT2D eigenvalue weighted by atomic mass is 16.3. The van der Waals surface area contributed by atoms with Crippen molar-refractivity contribution in [2.24, 2.45) is 0 Å². The van der Waals surface area contributed by atoms with Crippen LogP contribution in [0.25, 0.3) is 55.3 Å². The minimum atomic E-state index is 0.000386. The standard InChI is InChI=1S/C31H20O2/c32-31-27-14-4-5-15-29(27)33-30-17-16-26(20-28(30)31)25-13-7-12-24(19-25)23-11-6-10-22(18-23)21-8-2-1-3-9-21/h1-20H. The maximum absolute atomic E-state index is 13.1. The zero-order chi connectivity index (χ0) is 22.2. The molecule has 0 fully saturated rings. The highest BCUT2D eigenvalue weighted by Crippen LogP contribution is 2.31. The van der Waals surface area contributed by atoms with Gasteiger partial charge in [-0.15, -0.1) is 0 Å². The largest absolute Gasteiger partial charge is 0.456 e. The summed E-state index contributed by atoms with van der Waals surface area (Å²) < 4.78 is 5.97. The highest BCUT2D eigenvalue weighted by molar-refractivity contribution is 5.92. The molecule has 0 bridgehead atoms. The van der Waals surface area contributed by atoms with E-state index in [0.717, 1.165) is 22.3 Å². The van der Waals surface area contributed by atoms with E-state index < -0.39 is 0 Å². The lowest BCUT2D eigenvalue weighted by Crippen LogP contribution is -2.01. The first-order chi connectivity index (χ1) is 16.3. The Kier molecular flexibility index (Phi) is 4.63. The van der Waals surface area contributed by atoms with Crippen LogP contribution in [0.1, 0.15) is 0 Å². The topological polar surface area (TPSA) is 30.2 Å². The highest BCUT2D eigenvalue weighted by Gasteiger charge is 2.10. The molecule has 0 aliphatic carbocycles. The van der Waals surface area contributed by atoms with E-state index in [9.17, 15) is 4.79 Å². The maximum atomic E-state index is 13.1. The molecule has 0 aliphatic rings. The van der Waals surface area contributed by atoms with E-state index in [2.05, 4.69) is 72.8 Å². The predicted octanol–water partition coefficient (Wildman–Crippen LogP) is 7.95. The van der Waals surface area contributed by atoms with Crippen molar-refractivity contribution >= 4 is 21.9 Å². The third-order valence-electron chi connectivity index (χ3n) is 6.07. The summed E-state index contributed by atoms with van der Waals surface area (Å²) in [5, 5.41) is 1.20. The van der Waals surface area contributed by atoms with Crippen molar-refractivity contribution in [3.05, 3.63) is 132 Å². The Morgan fingerprint density at radius 1 is 0.394 bits per heavy atom. The molecule has 2 heteroatoms. The molecule has 33 heavy (non-hydrogen) atoms. The van der Waals surface area contributed by atoms with E-state index in [-0.39, 0.29) is 5.43 Å². The van der Waals surface area contributed by atoms with E-state index >= 15 is 0 Å². The molecule has 0 atom stereocenters. The van der Waals surface area contributed by atoms with Gasteiger partial charge in [0, 0.05) is 0 Å². The predicted molar refractivity (Wildman–Crippen MR) is 136 cm³/mol. The molecule has 0 spiro atoms. The van der Waals surface area contributed by atoms with Crippen molar-refractivity contribution < 1.29 is 4.42 Å². The van der Waals surface area contributed by atoms with Crippen LogP contribution in [0.15, 0.2) is 131 Å². The van der Waals surface area contributed by atoms with Gasteiger partial charge in [-0.2, -0.15) is 0 Å². The van der Waals surface area contributed by atoms with E-state index in [0.29, 0.717) is 21.9 Å². The molecule has 0 amide bonds. The summed E-state index contributed by atoms with van der Waals surface area (Å²) in [6.07, 6.45) is 0. The summed E-state index contributed by atoms with van der Waals surface area (Å²) in [6, 6.07) is 40.6. The second-order valence-electron chi connectivity index (χ2n) is 8.17. The van der Waals surface area contributed by atoms with Crippen LogP contribution in [-0.2, 0) is 0 Å². The molecule has 6 aromatic rings. The number of hydrogen-bond acceptors (Lipinski definition) is 2. The molecular formula is C31H20O2.